The number of para-hydroxylation sites is 1. The average Bonchev–Trinajstić information content (AvgIpc) is 3.36. The molecule has 4 rings (SSSR count). The fraction of sp³-hybridized carbons (Fsp3) is 0.308. The Bertz CT molecular complexity index is 1120. The summed E-state index contributed by atoms with van der Waals surface area (Å²) in [4.78, 5) is 27.1. The van der Waals surface area contributed by atoms with E-state index >= 15 is 0 Å². The highest BCUT2D eigenvalue weighted by Gasteiger charge is 2.29. The Morgan fingerprint density at radius 2 is 1.75 bits per heavy atom. The van der Waals surface area contributed by atoms with Crippen molar-refractivity contribution in [1.82, 2.24) is 9.47 Å². The molecule has 2 aromatic carbocycles. The first-order chi connectivity index (χ1) is 15.4. The van der Waals surface area contributed by atoms with E-state index in [4.69, 9.17) is 5.73 Å². The summed E-state index contributed by atoms with van der Waals surface area (Å²) < 4.78 is 2.16. The maximum Gasteiger partial charge on any atom is 0.257 e. The number of hydrogen-bond donors (Lipinski definition) is 2. The summed E-state index contributed by atoms with van der Waals surface area (Å²) in [5.41, 5.74) is 11.2. The van der Waals surface area contributed by atoms with E-state index in [1.165, 1.54) is 5.56 Å². The molecule has 0 spiro atoms. The molecule has 0 bridgehead atoms. The number of carbonyl (C=O) groups excluding carboxylic acids is 2. The lowest BCUT2D eigenvalue weighted by Crippen LogP contribution is -2.39. The molecule has 1 aromatic heterocycles. The zero-order valence-electron chi connectivity index (χ0n) is 18.7. The van der Waals surface area contributed by atoms with E-state index in [-0.39, 0.29) is 17.9 Å². The van der Waals surface area contributed by atoms with Crippen LogP contribution in [-0.4, -0.2) is 33.9 Å². The minimum absolute atomic E-state index is 0.127. The van der Waals surface area contributed by atoms with Crippen molar-refractivity contribution in [2.45, 2.75) is 45.8 Å². The second kappa shape index (κ2) is 9.40. The fourth-order valence-electron chi connectivity index (χ4n) is 4.57. The van der Waals surface area contributed by atoms with Gasteiger partial charge in [0.25, 0.3) is 5.91 Å². The molecule has 0 radical (unpaired) electrons. The van der Waals surface area contributed by atoms with Crippen molar-refractivity contribution in [3.8, 4) is 0 Å². The highest BCUT2D eigenvalue weighted by atomic mass is 16.2. The third-order valence-electron chi connectivity index (χ3n) is 6.33. The number of anilines is 1. The first kappa shape index (κ1) is 21.8. The molecule has 166 valence electrons. The Hall–Kier alpha value is -3.38. The number of rotatable bonds is 7. The third-order valence-corrected chi connectivity index (χ3v) is 6.33. The first-order valence-electron chi connectivity index (χ1n) is 11.1. The van der Waals surface area contributed by atoms with Crippen molar-refractivity contribution in [1.29, 1.82) is 0 Å². The molecule has 1 fully saturated rings. The lowest BCUT2D eigenvalue weighted by molar-refractivity contribution is -0.122. The van der Waals surface area contributed by atoms with Crippen molar-refractivity contribution < 1.29 is 9.59 Å². The van der Waals surface area contributed by atoms with Crippen LogP contribution in [0.3, 0.4) is 0 Å². The summed E-state index contributed by atoms with van der Waals surface area (Å²) in [6.07, 6.45) is 1.74. The Kier molecular flexibility index (Phi) is 6.42. The van der Waals surface area contributed by atoms with Crippen LogP contribution in [0.5, 0.6) is 0 Å². The highest BCUT2D eigenvalue weighted by molar-refractivity contribution is 6.05. The molecule has 6 nitrogen and oxygen atoms in total. The van der Waals surface area contributed by atoms with Crippen LogP contribution < -0.4 is 11.1 Å². The lowest BCUT2D eigenvalue weighted by atomic mass is 10.1. The minimum Gasteiger partial charge on any atom is -0.368 e. The summed E-state index contributed by atoms with van der Waals surface area (Å²) in [7, 11) is 0. The number of benzene rings is 2. The van der Waals surface area contributed by atoms with E-state index in [0.717, 1.165) is 48.6 Å². The van der Waals surface area contributed by atoms with Crippen LogP contribution in [-0.2, 0) is 17.9 Å². The summed E-state index contributed by atoms with van der Waals surface area (Å²) in [6.45, 7) is 6.15. The predicted octanol–water partition coefficient (Wildman–Crippen LogP) is 3.86. The van der Waals surface area contributed by atoms with Crippen LogP contribution in [0.15, 0.2) is 60.7 Å². The molecule has 1 unspecified atom stereocenters. The topological polar surface area (TPSA) is 80.4 Å². The van der Waals surface area contributed by atoms with Gasteiger partial charge in [-0.25, -0.2) is 0 Å². The smallest absolute Gasteiger partial charge is 0.257 e. The Morgan fingerprint density at radius 3 is 2.50 bits per heavy atom. The SMILES string of the molecule is Cc1cc(C(=O)Nc2ccccc2CN2CCCC2C(N)=O)c(C)n1Cc1ccccc1. The summed E-state index contributed by atoms with van der Waals surface area (Å²) >= 11 is 0. The van der Waals surface area contributed by atoms with Gasteiger partial charge in [0.15, 0.2) is 0 Å². The van der Waals surface area contributed by atoms with Crippen LogP contribution in [0.25, 0.3) is 0 Å². The number of likely N-dealkylation sites (tertiary alicyclic amines) is 1. The lowest BCUT2D eigenvalue weighted by Gasteiger charge is -2.23. The van der Waals surface area contributed by atoms with Crippen LogP contribution in [0.4, 0.5) is 5.69 Å². The summed E-state index contributed by atoms with van der Waals surface area (Å²) in [6, 6.07) is 19.7. The van der Waals surface area contributed by atoms with Gasteiger partial charge < -0.3 is 15.6 Å². The molecule has 1 atom stereocenters. The second-order valence-corrected chi connectivity index (χ2v) is 8.50. The van der Waals surface area contributed by atoms with E-state index in [2.05, 4.69) is 26.9 Å². The maximum absolute atomic E-state index is 13.2. The standard InChI is InChI=1S/C26H30N4O2/c1-18-15-22(19(2)30(18)16-20-9-4-3-5-10-20)26(32)28-23-12-7-6-11-21(23)17-29-14-8-13-24(29)25(27)31/h3-7,9-12,15,24H,8,13-14,16-17H2,1-2H3,(H2,27,31)(H,28,32). The second-order valence-electron chi connectivity index (χ2n) is 8.50. The quantitative estimate of drug-likeness (QED) is 0.597. The van der Waals surface area contributed by atoms with Crippen molar-refractivity contribution in [3.05, 3.63) is 88.7 Å². The van der Waals surface area contributed by atoms with Crippen LogP contribution in [0.1, 0.15) is 45.7 Å². The Labute approximate surface area is 189 Å². The Balaban J connectivity index is 1.53. The number of aryl methyl sites for hydroxylation is 1. The average molecular weight is 431 g/mol. The number of carbonyl (C=O) groups is 2. The number of amides is 2. The molecule has 0 saturated carbocycles. The number of nitrogens with two attached hydrogens (primary N) is 1. The molecule has 2 amide bonds. The van der Waals surface area contributed by atoms with Gasteiger partial charge in [0, 0.05) is 30.2 Å². The number of nitrogens with one attached hydrogen (secondary N) is 1. The van der Waals surface area contributed by atoms with Crippen LogP contribution >= 0.6 is 0 Å². The van der Waals surface area contributed by atoms with Crippen molar-refractivity contribution in [3.63, 3.8) is 0 Å². The van der Waals surface area contributed by atoms with Crippen LogP contribution in [0.2, 0.25) is 0 Å². The normalized spacial score (nSPS) is 16.2. The van der Waals surface area contributed by atoms with E-state index in [0.29, 0.717) is 12.1 Å². The van der Waals surface area contributed by atoms with E-state index in [1.54, 1.807) is 0 Å². The fourth-order valence-corrected chi connectivity index (χ4v) is 4.57. The Morgan fingerprint density at radius 1 is 1.03 bits per heavy atom. The summed E-state index contributed by atoms with van der Waals surface area (Å²) in [5.74, 6) is -0.410. The number of aromatic nitrogens is 1. The number of hydrogen-bond acceptors (Lipinski definition) is 3. The van der Waals surface area contributed by atoms with E-state index < -0.39 is 0 Å². The number of primary amides is 1. The molecule has 3 aromatic rings. The van der Waals surface area contributed by atoms with Gasteiger partial charge in [0.1, 0.15) is 0 Å². The third kappa shape index (κ3) is 4.60. The predicted molar refractivity (Wildman–Crippen MR) is 126 cm³/mol. The molecule has 1 aliphatic rings. The largest absolute Gasteiger partial charge is 0.368 e. The van der Waals surface area contributed by atoms with Gasteiger partial charge in [-0.05, 0) is 56.5 Å². The van der Waals surface area contributed by atoms with Crippen molar-refractivity contribution >= 4 is 17.5 Å². The maximum atomic E-state index is 13.2. The zero-order valence-corrected chi connectivity index (χ0v) is 18.7. The van der Waals surface area contributed by atoms with E-state index in [9.17, 15) is 9.59 Å². The molecular weight excluding hydrogens is 400 g/mol. The zero-order chi connectivity index (χ0) is 22.7. The van der Waals surface area contributed by atoms with Gasteiger partial charge in [-0.3, -0.25) is 14.5 Å². The monoisotopic (exact) mass is 430 g/mol. The van der Waals surface area contributed by atoms with Gasteiger partial charge >= 0.3 is 0 Å². The van der Waals surface area contributed by atoms with Crippen molar-refractivity contribution in [2.24, 2.45) is 5.73 Å². The molecule has 1 aliphatic heterocycles. The molecular formula is C26H30N4O2. The molecule has 0 aliphatic carbocycles. The van der Waals surface area contributed by atoms with Gasteiger partial charge in [0.05, 0.1) is 11.6 Å². The first-order valence-corrected chi connectivity index (χ1v) is 11.1. The van der Waals surface area contributed by atoms with E-state index in [1.807, 2.05) is 62.4 Å². The van der Waals surface area contributed by atoms with Crippen molar-refractivity contribution in [2.75, 3.05) is 11.9 Å². The van der Waals surface area contributed by atoms with Gasteiger partial charge in [-0.1, -0.05) is 48.5 Å². The summed E-state index contributed by atoms with van der Waals surface area (Å²) in [5, 5.41) is 3.09. The minimum atomic E-state index is -0.283. The number of nitrogens with zero attached hydrogens (tertiary/aromatic N) is 2. The molecule has 6 heteroatoms. The van der Waals surface area contributed by atoms with Gasteiger partial charge in [-0.2, -0.15) is 0 Å². The van der Waals surface area contributed by atoms with Gasteiger partial charge in [-0.15, -0.1) is 0 Å². The molecule has 2 heterocycles. The van der Waals surface area contributed by atoms with Crippen LogP contribution in [0, 0.1) is 13.8 Å². The van der Waals surface area contributed by atoms with Gasteiger partial charge in [0.2, 0.25) is 5.91 Å². The molecule has 1 saturated heterocycles. The highest BCUT2D eigenvalue weighted by Crippen LogP contribution is 2.25. The molecule has 3 N–H and O–H groups in total. The molecule has 32 heavy (non-hydrogen) atoms.